The highest BCUT2D eigenvalue weighted by atomic mass is 16.8. The van der Waals surface area contributed by atoms with E-state index in [1.54, 1.807) is 0 Å². The SMILES string of the molecule is C[C@@H]1O[C@@H](O[C@H]2[C@H](O[C@H]3[C@H](O[C@H]4CC[C@@]5(C)[C@@H](CC[C@]6(C)[C@@H]5CC=C5[C@@H]7CC(C)(C)[C@H](O[C@@H]8O[C@H](CO)[C@@H](O)[C@H](O)[C@H]8O)C[C@]7(C)CC[C@]56C)[C@@]4(C)CO)O[C@H](C(=O)O)[C@@H](O)[C@@H]3O)O[C@H](CO)[C@H](O)[C@@H]2O)[C@H](O)[C@H](O)[C@H]1O. The monoisotopic (exact) mass is 1100 g/mol. The Bertz CT molecular complexity index is 2130. The molecule has 9 aliphatic rings. The average molecular weight is 1110 g/mol. The quantitative estimate of drug-likeness (QED) is 0.0783. The van der Waals surface area contributed by atoms with Crippen molar-refractivity contribution in [3.8, 4) is 0 Å². The van der Waals surface area contributed by atoms with Gasteiger partial charge in [-0.1, -0.05) is 60.1 Å². The number of fused-ring (bicyclic) bond motifs is 7. The first-order chi connectivity index (χ1) is 36.0. The van der Waals surface area contributed by atoms with E-state index >= 15 is 0 Å². The molecule has 0 amide bonds. The molecule has 0 unspecified atom stereocenters. The molecule has 0 radical (unpaired) electrons. The van der Waals surface area contributed by atoms with Crippen LogP contribution in [0, 0.1) is 50.2 Å². The zero-order valence-corrected chi connectivity index (χ0v) is 45.4. The molecule has 0 spiro atoms. The summed E-state index contributed by atoms with van der Waals surface area (Å²) in [7, 11) is 0. The maximum atomic E-state index is 12.6. The van der Waals surface area contributed by atoms with Crippen molar-refractivity contribution in [3.05, 3.63) is 11.6 Å². The van der Waals surface area contributed by atoms with Gasteiger partial charge in [0.15, 0.2) is 31.3 Å². The molecule has 0 bridgehead atoms. The predicted molar refractivity (Wildman–Crippen MR) is 263 cm³/mol. The van der Waals surface area contributed by atoms with Crippen molar-refractivity contribution in [2.24, 2.45) is 50.2 Å². The highest BCUT2D eigenvalue weighted by Gasteiger charge is 2.70. The minimum absolute atomic E-state index is 0.147. The van der Waals surface area contributed by atoms with Crippen molar-refractivity contribution in [2.45, 2.75) is 248 Å². The second-order valence-corrected chi connectivity index (χ2v) is 26.4. The lowest BCUT2D eigenvalue weighted by Gasteiger charge is -2.72. The molecule has 0 aromatic heterocycles. The molecular formula is C54H88O23. The second kappa shape index (κ2) is 21.5. The molecule has 0 aromatic carbocycles. The minimum Gasteiger partial charge on any atom is -0.479 e. The fourth-order valence-corrected chi connectivity index (χ4v) is 16.5. The first kappa shape index (κ1) is 60.0. The number of aliphatic hydroxyl groups is 13. The summed E-state index contributed by atoms with van der Waals surface area (Å²) in [5.41, 5.74) is -0.868. The summed E-state index contributed by atoms with van der Waals surface area (Å²) in [6.45, 7) is 15.4. The first-order valence-electron chi connectivity index (χ1n) is 27.8. The zero-order valence-electron chi connectivity index (χ0n) is 45.4. The summed E-state index contributed by atoms with van der Waals surface area (Å²) in [4.78, 5) is 12.6. The van der Waals surface area contributed by atoms with Gasteiger partial charge < -0.3 is 109 Å². The largest absolute Gasteiger partial charge is 0.479 e. The lowest BCUT2D eigenvalue weighted by atomic mass is 9.33. The molecule has 9 rings (SSSR count). The normalized spacial score (nSPS) is 55.7. The molecule has 8 fully saturated rings. The van der Waals surface area contributed by atoms with Gasteiger partial charge in [0, 0.05) is 5.41 Å². The summed E-state index contributed by atoms with van der Waals surface area (Å²) >= 11 is 0. The Morgan fingerprint density at radius 2 is 1.12 bits per heavy atom. The summed E-state index contributed by atoms with van der Waals surface area (Å²) < 4.78 is 48.7. The number of aliphatic hydroxyl groups excluding tert-OH is 13. The summed E-state index contributed by atoms with van der Waals surface area (Å²) in [5.74, 6) is -1.40. The van der Waals surface area contributed by atoms with Crippen LogP contribution < -0.4 is 0 Å². The number of rotatable bonds is 12. The maximum Gasteiger partial charge on any atom is 0.335 e. The van der Waals surface area contributed by atoms with Gasteiger partial charge in [-0.2, -0.15) is 0 Å². The van der Waals surface area contributed by atoms with Crippen molar-refractivity contribution in [1.82, 2.24) is 0 Å². The van der Waals surface area contributed by atoms with Crippen LogP contribution in [0.1, 0.15) is 113 Å². The van der Waals surface area contributed by atoms with Crippen LogP contribution in [0.3, 0.4) is 0 Å². The van der Waals surface area contributed by atoms with Gasteiger partial charge in [-0.25, -0.2) is 4.79 Å². The highest BCUT2D eigenvalue weighted by molar-refractivity contribution is 5.73. The number of aliphatic carboxylic acids is 1. The molecule has 77 heavy (non-hydrogen) atoms. The van der Waals surface area contributed by atoms with Crippen LogP contribution in [0.2, 0.25) is 0 Å². The number of hydrogen-bond acceptors (Lipinski definition) is 22. The van der Waals surface area contributed by atoms with Crippen LogP contribution in [-0.4, -0.2) is 232 Å². The number of carboxylic acid groups (broad SMARTS) is 1. The molecule has 4 aliphatic heterocycles. The summed E-state index contributed by atoms with van der Waals surface area (Å²) in [6, 6.07) is 0. The van der Waals surface area contributed by atoms with Crippen molar-refractivity contribution in [1.29, 1.82) is 0 Å². The van der Waals surface area contributed by atoms with Gasteiger partial charge >= 0.3 is 5.97 Å². The number of allylic oxidation sites excluding steroid dienone is 2. The lowest BCUT2D eigenvalue weighted by Crippen LogP contribution is -2.68. The van der Waals surface area contributed by atoms with Gasteiger partial charge in [-0.15, -0.1) is 0 Å². The number of hydrogen-bond donors (Lipinski definition) is 14. The van der Waals surface area contributed by atoms with Gasteiger partial charge in [0.1, 0.15) is 85.5 Å². The third-order valence-electron chi connectivity index (χ3n) is 21.7. The molecule has 4 saturated heterocycles. The van der Waals surface area contributed by atoms with E-state index in [0.717, 1.165) is 32.1 Å². The molecule has 30 atom stereocenters. The van der Waals surface area contributed by atoms with Crippen LogP contribution in [0.25, 0.3) is 0 Å². The Morgan fingerprint density at radius 3 is 1.73 bits per heavy atom. The first-order valence-corrected chi connectivity index (χ1v) is 27.8. The predicted octanol–water partition coefficient (Wildman–Crippen LogP) is -1.47. The zero-order chi connectivity index (χ0) is 56.4. The minimum atomic E-state index is -2.10. The van der Waals surface area contributed by atoms with Crippen LogP contribution in [-0.2, 0) is 42.7 Å². The Labute approximate surface area is 449 Å². The van der Waals surface area contributed by atoms with Crippen LogP contribution in [0.15, 0.2) is 11.6 Å². The molecule has 23 nitrogen and oxygen atoms in total. The van der Waals surface area contributed by atoms with Crippen molar-refractivity contribution in [2.75, 3.05) is 19.8 Å². The average Bonchev–Trinajstić information content (AvgIpc) is 3.57. The Hall–Kier alpha value is -1.63. The molecule has 442 valence electrons. The Kier molecular flexibility index (Phi) is 16.8. The van der Waals surface area contributed by atoms with E-state index < -0.39 is 159 Å². The third kappa shape index (κ3) is 9.70. The third-order valence-corrected chi connectivity index (χ3v) is 21.7. The molecule has 0 aromatic rings. The molecule has 5 aliphatic carbocycles. The summed E-state index contributed by atoms with van der Waals surface area (Å²) in [5, 5.41) is 151. The van der Waals surface area contributed by atoms with E-state index in [-0.39, 0.29) is 52.1 Å². The topological polar surface area (TPSA) is 374 Å². The fourth-order valence-electron chi connectivity index (χ4n) is 16.5. The smallest absolute Gasteiger partial charge is 0.335 e. The molecular weight excluding hydrogens is 1020 g/mol. The number of carboxylic acids is 1. The van der Waals surface area contributed by atoms with E-state index in [0.29, 0.717) is 25.7 Å². The van der Waals surface area contributed by atoms with E-state index in [4.69, 9.17) is 37.9 Å². The number of carbonyl (C=O) groups is 1. The summed E-state index contributed by atoms with van der Waals surface area (Å²) in [6.07, 6.45) is -25.8. The van der Waals surface area contributed by atoms with Crippen LogP contribution >= 0.6 is 0 Å². The van der Waals surface area contributed by atoms with Crippen molar-refractivity contribution < 1.29 is 114 Å². The van der Waals surface area contributed by atoms with Crippen LogP contribution in [0.4, 0.5) is 0 Å². The van der Waals surface area contributed by atoms with E-state index in [1.807, 2.05) is 6.92 Å². The molecule has 4 saturated carbocycles. The fraction of sp³-hybridized carbons (Fsp3) is 0.944. The van der Waals surface area contributed by atoms with Gasteiger partial charge in [-0.3, -0.25) is 0 Å². The molecule has 14 N–H and O–H groups in total. The Balaban J connectivity index is 0.959. The second-order valence-electron chi connectivity index (χ2n) is 26.4. The highest BCUT2D eigenvalue weighted by Crippen LogP contribution is 2.76. The van der Waals surface area contributed by atoms with Crippen LogP contribution in [0.5, 0.6) is 0 Å². The lowest BCUT2D eigenvalue weighted by molar-refractivity contribution is -0.396. The Morgan fingerprint density at radius 1 is 0.571 bits per heavy atom. The molecule has 4 heterocycles. The van der Waals surface area contributed by atoms with Crippen molar-refractivity contribution in [3.63, 3.8) is 0 Å². The van der Waals surface area contributed by atoms with Gasteiger partial charge in [0.05, 0.1) is 38.1 Å². The number of ether oxygens (including phenoxy) is 8. The van der Waals surface area contributed by atoms with Crippen molar-refractivity contribution >= 4 is 5.97 Å². The van der Waals surface area contributed by atoms with E-state index in [2.05, 4.69) is 47.6 Å². The standard InChI is InChI=1S/C54H88O23/c1-22-31(58)34(61)39(66)45(70-22)76-42-36(63)33(60)26(20-56)72-47(42)77-43-38(65)37(64)41(44(68)69)75-48(43)73-29-12-13-51(5)27(52(29,6)21-57)11-14-54(8)28(51)10-9-23-24-17-49(2,3)30(18-50(24,4)15-16-53(23,54)7)74-46-40(67)35(62)32(59)25(19-55)71-46/h9,22,24-43,45-48,55-67H,10-21H2,1-8H3,(H,68,69)/t22-,24-,25+,26+,27+,28+,29-,30+,31-,32+,33-,34+,35-,36-,37-,38-,39+,40+,41-,42+,43+,45-,46-,47-,48+,50-,51-,52+,53+,54+/m0/s1. The van der Waals surface area contributed by atoms with Gasteiger partial charge in [0.25, 0.3) is 0 Å². The van der Waals surface area contributed by atoms with E-state index in [1.165, 1.54) is 12.5 Å². The van der Waals surface area contributed by atoms with Gasteiger partial charge in [0.2, 0.25) is 0 Å². The maximum absolute atomic E-state index is 12.6. The van der Waals surface area contributed by atoms with E-state index in [9.17, 15) is 76.3 Å². The molecule has 23 heteroatoms. The van der Waals surface area contributed by atoms with Gasteiger partial charge in [-0.05, 0) is 110 Å².